The van der Waals surface area contributed by atoms with Gasteiger partial charge in [-0.1, -0.05) is 13.3 Å². The maximum Gasteiger partial charge on any atom is 0.209 e. The summed E-state index contributed by atoms with van der Waals surface area (Å²) in [5.41, 5.74) is 0. The zero-order valence-corrected chi connectivity index (χ0v) is 8.04. The van der Waals surface area contributed by atoms with Crippen molar-refractivity contribution in [2.45, 2.75) is 26.7 Å². The third kappa shape index (κ3) is 4.11. The van der Waals surface area contributed by atoms with Crippen LogP contribution in [0.1, 0.15) is 26.7 Å². The van der Waals surface area contributed by atoms with E-state index in [1.807, 2.05) is 6.92 Å². The van der Waals surface area contributed by atoms with Gasteiger partial charge in [-0.2, -0.15) is 0 Å². The molecule has 1 amide bonds. The average Bonchev–Trinajstić information content (AvgIpc) is 2.03. The quantitative estimate of drug-likeness (QED) is 0.561. The van der Waals surface area contributed by atoms with E-state index in [1.54, 1.807) is 14.0 Å². The minimum absolute atomic E-state index is 0.0187. The Morgan fingerprint density at radius 2 is 2.17 bits per heavy atom. The molecule has 0 saturated heterocycles. The Hall–Kier alpha value is -0.860. The summed E-state index contributed by atoms with van der Waals surface area (Å²) in [5.74, 6) is 0.191. The molecule has 0 aromatic heterocycles. The molecule has 3 heteroatoms. The van der Waals surface area contributed by atoms with Crippen LogP contribution in [-0.4, -0.2) is 30.7 Å². The predicted molar refractivity (Wildman–Crippen MR) is 47.8 cm³/mol. The van der Waals surface area contributed by atoms with Crippen molar-refractivity contribution in [3.05, 3.63) is 0 Å². The Morgan fingerprint density at radius 3 is 2.50 bits per heavy atom. The van der Waals surface area contributed by atoms with E-state index in [0.717, 1.165) is 19.3 Å². The molecule has 0 aliphatic carbocycles. The minimum Gasteiger partial charge on any atom is -0.348 e. The van der Waals surface area contributed by atoms with Gasteiger partial charge in [-0.3, -0.25) is 9.59 Å². The second-order valence-corrected chi connectivity index (χ2v) is 3.14. The van der Waals surface area contributed by atoms with Crippen molar-refractivity contribution in [1.29, 1.82) is 0 Å². The van der Waals surface area contributed by atoms with Crippen LogP contribution >= 0.6 is 0 Å². The molecule has 0 aromatic rings. The smallest absolute Gasteiger partial charge is 0.209 e. The van der Waals surface area contributed by atoms with Gasteiger partial charge in [0.25, 0.3) is 0 Å². The maximum absolute atomic E-state index is 11.0. The van der Waals surface area contributed by atoms with Crippen LogP contribution in [0.5, 0.6) is 0 Å². The molecule has 1 unspecified atom stereocenters. The van der Waals surface area contributed by atoms with Crippen LogP contribution in [0.2, 0.25) is 0 Å². The lowest BCUT2D eigenvalue weighted by molar-refractivity contribution is -0.123. The lowest BCUT2D eigenvalue weighted by Gasteiger charge is -2.17. The molecule has 0 fully saturated rings. The van der Waals surface area contributed by atoms with Crippen LogP contribution < -0.4 is 0 Å². The molecule has 0 saturated carbocycles. The fourth-order valence-electron chi connectivity index (χ4n) is 1.16. The van der Waals surface area contributed by atoms with E-state index in [4.69, 9.17) is 0 Å². The summed E-state index contributed by atoms with van der Waals surface area (Å²) in [6, 6.07) is 0. The Balaban J connectivity index is 3.94. The Morgan fingerprint density at radius 1 is 1.58 bits per heavy atom. The van der Waals surface area contributed by atoms with Crippen molar-refractivity contribution in [1.82, 2.24) is 4.90 Å². The average molecular weight is 171 g/mol. The highest BCUT2D eigenvalue weighted by Gasteiger charge is 2.14. The zero-order chi connectivity index (χ0) is 9.56. The van der Waals surface area contributed by atoms with Crippen molar-refractivity contribution in [3.8, 4) is 0 Å². The lowest BCUT2D eigenvalue weighted by Crippen LogP contribution is -2.28. The molecule has 0 N–H and O–H groups in total. The van der Waals surface area contributed by atoms with Crippen molar-refractivity contribution < 1.29 is 9.59 Å². The van der Waals surface area contributed by atoms with Crippen LogP contribution in [0.3, 0.4) is 0 Å². The largest absolute Gasteiger partial charge is 0.348 e. The number of hydrogen-bond acceptors (Lipinski definition) is 2. The molecule has 0 spiro atoms. The monoisotopic (exact) mass is 171 g/mol. The molecule has 12 heavy (non-hydrogen) atoms. The first-order valence-corrected chi connectivity index (χ1v) is 4.27. The molecule has 0 aromatic carbocycles. The van der Waals surface area contributed by atoms with E-state index < -0.39 is 0 Å². The highest BCUT2D eigenvalue weighted by Crippen LogP contribution is 2.08. The second kappa shape index (κ2) is 5.75. The van der Waals surface area contributed by atoms with Gasteiger partial charge in [-0.05, 0) is 13.3 Å². The molecule has 0 bridgehead atoms. The summed E-state index contributed by atoms with van der Waals surface area (Å²) < 4.78 is 0. The van der Waals surface area contributed by atoms with E-state index in [-0.39, 0.29) is 11.7 Å². The van der Waals surface area contributed by atoms with E-state index in [2.05, 4.69) is 0 Å². The van der Waals surface area contributed by atoms with E-state index in [1.165, 1.54) is 4.90 Å². The van der Waals surface area contributed by atoms with E-state index in [9.17, 15) is 9.59 Å². The number of Topliss-reactive ketones (excluding diaryl/α,β-unsaturated/α-hetero) is 1. The predicted octanol–water partition coefficient (Wildman–Crippen LogP) is 1.08. The van der Waals surface area contributed by atoms with Gasteiger partial charge in [0, 0.05) is 19.5 Å². The number of amides is 1. The molecule has 1 atom stereocenters. The first kappa shape index (κ1) is 11.1. The van der Waals surface area contributed by atoms with Gasteiger partial charge in [-0.25, -0.2) is 0 Å². The summed E-state index contributed by atoms with van der Waals surface area (Å²) >= 11 is 0. The van der Waals surface area contributed by atoms with Crippen molar-refractivity contribution in [2.75, 3.05) is 13.6 Å². The van der Waals surface area contributed by atoms with Gasteiger partial charge in [-0.15, -0.1) is 0 Å². The van der Waals surface area contributed by atoms with Gasteiger partial charge in [0.2, 0.25) is 6.41 Å². The van der Waals surface area contributed by atoms with E-state index >= 15 is 0 Å². The number of carbonyl (C=O) groups excluding carboxylic acids is 2. The summed E-state index contributed by atoms with van der Waals surface area (Å²) in [4.78, 5) is 22.8. The van der Waals surface area contributed by atoms with Gasteiger partial charge >= 0.3 is 0 Å². The van der Waals surface area contributed by atoms with Crippen molar-refractivity contribution >= 4 is 12.2 Å². The van der Waals surface area contributed by atoms with Gasteiger partial charge in [0.05, 0.1) is 0 Å². The Bertz CT molecular complexity index is 157. The number of rotatable bonds is 6. The van der Waals surface area contributed by atoms with Crippen LogP contribution in [0.4, 0.5) is 0 Å². The first-order valence-electron chi connectivity index (χ1n) is 4.27. The van der Waals surface area contributed by atoms with Crippen molar-refractivity contribution in [2.24, 2.45) is 5.92 Å². The van der Waals surface area contributed by atoms with Crippen LogP contribution in [0, 0.1) is 5.92 Å². The van der Waals surface area contributed by atoms with Crippen LogP contribution in [-0.2, 0) is 9.59 Å². The fraction of sp³-hybridized carbons (Fsp3) is 0.778. The van der Waals surface area contributed by atoms with Gasteiger partial charge in [0.1, 0.15) is 5.78 Å². The summed E-state index contributed by atoms with van der Waals surface area (Å²) in [6.45, 7) is 4.17. The van der Waals surface area contributed by atoms with Crippen LogP contribution in [0.15, 0.2) is 0 Å². The molecule has 0 rings (SSSR count). The zero-order valence-electron chi connectivity index (χ0n) is 8.04. The molecular weight excluding hydrogens is 154 g/mol. The van der Waals surface area contributed by atoms with Gasteiger partial charge in [0.15, 0.2) is 0 Å². The molecule has 0 aliphatic rings. The Labute approximate surface area is 73.7 Å². The van der Waals surface area contributed by atoms with Gasteiger partial charge < -0.3 is 4.90 Å². The summed E-state index contributed by atoms with van der Waals surface area (Å²) in [6.07, 6.45) is 2.61. The lowest BCUT2D eigenvalue weighted by atomic mass is 9.99. The second-order valence-electron chi connectivity index (χ2n) is 3.14. The van der Waals surface area contributed by atoms with Crippen molar-refractivity contribution in [3.63, 3.8) is 0 Å². The number of hydrogen-bond donors (Lipinski definition) is 0. The van der Waals surface area contributed by atoms with E-state index in [0.29, 0.717) is 6.54 Å². The fourth-order valence-corrected chi connectivity index (χ4v) is 1.16. The topological polar surface area (TPSA) is 37.4 Å². The highest BCUT2D eigenvalue weighted by atomic mass is 16.1. The SMILES string of the molecule is CCCC(CN(C)C=O)C(C)=O. The number of ketones is 1. The molecule has 0 heterocycles. The number of carbonyl (C=O) groups is 2. The first-order chi connectivity index (χ1) is 5.61. The summed E-state index contributed by atoms with van der Waals surface area (Å²) in [5, 5.41) is 0. The molecule has 3 nitrogen and oxygen atoms in total. The highest BCUT2D eigenvalue weighted by molar-refractivity contribution is 5.78. The Kier molecular flexibility index (Phi) is 5.34. The molecule has 70 valence electrons. The minimum atomic E-state index is 0.0187. The molecule has 0 aliphatic heterocycles. The third-order valence-electron chi connectivity index (χ3n) is 1.90. The number of nitrogens with zero attached hydrogens (tertiary/aromatic N) is 1. The summed E-state index contributed by atoms with van der Waals surface area (Å²) in [7, 11) is 1.69. The standard InChI is InChI=1S/C9H17NO2/c1-4-5-9(8(2)12)6-10(3)7-11/h7,9H,4-6H2,1-3H3. The molecular formula is C9H17NO2. The maximum atomic E-state index is 11.0. The normalized spacial score (nSPS) is 12.2. The molecule has 0 radical (unpaired) electrons. The third-order valence-corrected chi connectivity index (χ3v) is 1.90. The van der Waals surface area contributed by atoms with Crippen LogP contribution in [0.25, 0.3) is 0 Å².